The van der Waals surface area contributed by atoms with Crippen LogP contribution in [0.15, 0.2) is 0 Å². The Morgan fingerprint density at radius 2 is 1.79 bits per heavy atom. The number of hydrogen-bond acceptors (Lipinski definition) is 4. The van der Waals surface area contributed by atoms with Crippen LogP contribution >= 0.6 is 0 Å². The second kappa shape index (κ2) is 7.58. The van der Waals surface area contributed by atoms with E-state index >= 15 is 0 Å². The number of piperidine rings is 1. The molecule has 0 radical (unpaired) electrons. The van der Waals surface area contributed by atoms with Crippen molar-refractivity contribution in [2.45, 2.75) is 45.2 Å². The average Bonchev–Trinajstić information content (AvgIpc) is 2.39. The monoisotopic (exact) mass is 270 g/mol. The Bertz CT molecular complexity index is 247. The molecule has 4 nitrogen and oxygen atoms in total. The van der Waals surface area contributed by atoms with Gasteiger partial charge in [-0.25, -0.2) is 0 Å². The lowest BCUT2D eigenvalue weighted by molar-refractivity contribution is -0.000257. The van der Waals surface area contributed by atoms with Crippen LogP contribution < -0.4 is 5.73 Å². The molecule has 1 fully saturated rings. The lowest BCUT2D eigenvalue weighted by Gasteiger charge is -2.51. The van der Waals surface area contributed by atoms with E-state index in [4.69, 9.17) is 5.73 Å². The van der Waals surface area contributed by atoms with Crippen LogP contribution in [0.4, 0.5) is 0 Å². The third-order valence-electron chi connectivity index (χ3n) is 4.73. The van der Waals surface area contributed by atoms with Crippen molar-refractivity contribution in [2.24, 2.45) is 5.73 Å². The molecule has 1 aliphatic rings. The molecule has 0 spiro atoms. The second-order valence-electron chi connectivity index (χ2n) is 6.26. The van der Waals surface area contributed by atoms with Gasteiger partial charge in [-0.15, -0.1) is 0 Å². The topological polar surface area (TPSA) is 35.7 Å². The largest absolute Gasteiger partial charge is 0.329 e. The van der Waals surface area contributed by atoms with E-state index in [1.807, 2.05) is 0 Å². The highest BCUT2D eigenvalue weighted by Gasteiger charge is 2.39. The first-order valence-electron chi connectivity index (χ1n) is 7.83. The molecule has 0 aromatic carbocycles. The summed E-state index contributed by atoms with van der Waals surface area (Å²) < 4.78 is 0. The number of nitrogens with two attached hydrogens (primary N) is 1. The maximum absolute atomic E-state index is 6.20. The van der Waals surface area contributed by atoms with Gasteiger partial charge in [-0.05, 0) is 60.0 Å². The van der Waals surface area contributed by atoms with Crippen molar-refractivity contribution in [1.82, 2.24) is 14.7 Å². The van der Waals surface area contributed by atoms with Crippen molar-refractivity contribution < 1.29 is 0 Å². The van der Waals surface area contributed by atoms with Crippen LogP contribution in [-0.2, 0) is 0 Å². The van der Waals surface area contributed by atoms with E-state index in [9.17, 15) is 0 Å². The predicted octanol–water partition coefficient (Wildman–Crippen LogP) is 1.07. The normalized spacial score (nSPS) is 22.1. The first-order chi connectivity index (χ1) is 8.99. The Morgan fingerprint density at radius 3 is 2.16 bits per heavy atom. The van der Waals surface area contributed by atoms with Gasteiger partial charge in [0.1, 0.15) is 0 Å². The molecule has 0 aromatic rings. The van der Waals surface area contributed by atoms with Crippen molar-refractivity contribution in [3.8, 4) is 0 Å². The smallest absolute Gasteiger partial charge is 0.0359 e. The average molecular weight is 270 g/mol. The minimum atomic E-state index is 0.218. The first kappa shape index (κ1) is 16.9. The summed E-state index contributed by atoms with van der Waals surface area (Å²) in [6.07, 6.45) is 2.42. The van der Waals surface area contributed by atoms with Gasteiger partial charge in [-0.3, -0.25) is 4.90 Å². The van der Waals surface area contributed by atoms with Gasteiger partial charge in [-0.2, -0.15) is 0 Å². The lowest BCUT2D eigenvalue weighted by atomic mass is 9.84. The summed E-state index contributed by atoms with van der Waals surface area (Å²) in [4.78, 5) is 7.47. The van der Waals surface area contributed by atoms with Gasteiger partial charge in [0, 0.05) is 24.7 Å². The van der Waals surface area contributed by atoms with Crippen molar-refractivity contribution in [2.75, 3.05) is 53.4 Å². The molecule has 0 aliphatic carbocycles. The number of likely N-dealkylation sites (tertiary alicyclic amines) is 1. The number of rotatable bonds is 7. The van der Waals surface area contributed by atoms with E-state index in [1.54, 1.807) is 0 Å². The summed E-state index contributed by atoms with van der Waals surface area (Å²) >= 11 is 0. The van der Waals surface area contributed by atoms with Gasteiger partial charge >= 0.3 is 0 Å². The highest BCUT2D eigenvalue weighted by Crippen LogP contribution is 2.29. The minimum absolute atomic E-state index is 0.218. The standard InChI is InChI=1S/C15H34N4/c1-6-18-10-8-15(13-16,9-11-18)19(7-2)14(3)12-17(4)5/h14H,6-13,16H2,1-5H3. The van der Waals surface area contributed by atoms with Crippen molar-refractivity contribution in [3.63, 3.8) is 0 Å². The highest BCUT2D eigenvalue weighted by molar-refractivity contribution is 4.98. The molecule has 0 bridgehead atoms. The third-order valence-corrected chi connectivity index (χ3v) is 4.73. The van der Waals surface area contributed by atoms with Gasteiger partial charge in [0.2, 0.25) is 0 Å². The predicted molar refractivity (Wildman–Crippen MR) is 83.5 cm³/mol. The Hall–Kier alpha value is -0.160. The van der Waals surface area contributed by atoms with E-state index < -0.39 is 0 Å². The van der Waals surface area contributed by atoms with Gasteiger partial charge in [0.25, 0.3) is 0 Å². The fourth-order valence-electron chi connectivity index (χ4n) is 3.64. The van der Waals surface area contributed by atoms with E-state index in [1.165, 1.54) is 32.5 Å². The molecule has 0 aromatic heterocycles. The molecule has 1 saturated heterocycles. The lowest BCUT2D eigenvalue weighted by Crippen LogP contribution is -2.62. The molecular weight excluding hydrogens is 236 g/mol. The molecule has 19 heavy (non-hydrogen) atoms. The quantitative estimate of drug-likeness (QED) is 0.751. The fraction of sp³-hybridized carbons (Fsp3) is 1.00. The van der Waals surface area contributed by atoms with Gasteiger partial charge in [-0.1, -0.05) is 13.8 Å². The van der Waals surface area contributed by atoms with E-state index in [2.05, 4.69) is 49.6 Å². The Morgan fingerprint density at radius 1 is 1.21 bits per heavy atom. The molecule has 0 saturated carbocycles. The zero-order valence-electron chi connectivity index (χ0n) is 13.7. The molecule has 4 heteroatoms. The van der Waals surface area contributed by atoms with Crippen LogP contribution in [0.3, 0.4) is 0 Å². The molecule has 1 rings (SSSR count). The van der Waals surface area contributed by atoms with E-state index in [0.29, 0.717) is 6.04 Å². The van der Waals surface area contributed by atoms with E-state index in [0.717, 1.165) is 19.6 Å². The zero-order chi connectivity index (χ0) is 14.5. The molecule has 1 unspecified atom stereocenters. The Kier molecular flexibility index (Phi) is 6.74. The molecule has 114 valence electrons. The molecule has 1 heterocycles. The van der Waals surface area contributed by atoms with Crippen LogP contribution in [0.2, 0.25) is 0 Å². The summed E-state index contributed by atoms with van der Waals surface area (Å²) in [6, 6.07) is 0.566. The summed E-state index contributed by atoms with van der Waals surface area (Å²) in [5.74, 6) is 0. The molecular formula is C15H34N4. The maximum Gasteiger partial charge on any atom is 0.0359 e. The van der Waals surface area contributed by atoms with Crippen molar-refractivity contribution in [1.29, 1.82) is 0 Å². The number of nitrogens with zero attached hydrogens (tertiary/aromatic N) is 3. The van der Waals surface area contributed by atoms with Gasteiger partial charge in [0.15, 0.2) is 0 Å². The second-order valence-corrected chi connectivity index (χ2v) is 6.26. The zero-order valence-corrected chi connectivity index (χ0v) is 13.7. The number of likely N-dealkylation sites (N-methyl/N-ethyl adjacent to an activating group) is 2. The fourth-order valence-corrected chi connectivity index (χ4v) is 3.64. The van der Waals surface area contributed by atoms with Crippen LogP contribution in [0, 0.1) is 0 Å². The van der Waals surface area contributed by atoms with Crippen LogP contribution in [0.25, 0.3) is 0 Å². The molecule has 1 atom stereocenters. The van der Waals surface area contributed by atoms with Crippen LogP contribution in [-0.4, -0.2) is 79.6 Å². The molecule has 2 N–H and O–H groups in total. The summed E-state index contributed by atoms with van der Waals surface area (Å²) in [5, 5.41) is 0. The number of hydrogen-bond donors (Lipinski definition) is 1. The van der Waals surface area contributed by atoms with Gasteiger partial charge < -0.3 is 15.5 Å². The van der Waals surface area contributed by atoms with E-state index in [-0.39, 0.29) is 5.54 Å². The molecule has 0 amide bonds. The minimum Gasteiger partial charge on any atom is -0.329 e. The van der Waals surface area contributed by atoms with Crippen molar-refractivity contribution in [3.05, 3.63) is 0 Å². The summed E-state index contributed by atoms with van der Waals surface area (Å²) in [6.45, 7) is 13.4. The Balaban J connectivity index is 2.75. The Labute approximate surface area is 119 Å². The SMILES string of the molecule is CCN1CCC(CN)(N(CC)C(C)CN(C)C)CC1. The summed E-state index contributed by atoms with van der Waals surface area (Å²) in [7, 11) is 4.30. The third kappa shape index (κ3) is 4.15. The van der Waals surface area contributed by atoms with Crippen molar-refractivity contribution >= 4 is 0 Å². The van der Waals surface area contributed by atoms with Crippen LogP contribution in [0.5, 0.6) is 0 Å². The van der Waals surface area contributed by atoms with Crippen LogP contribution in [0.1, 0.15) is 33.6 Å². The first-order valence-corrected chi connectivity index (χ1v) is 7.83. The van der Waals surface area contributed by atoms with Gasteiger partial charge in [0.05, 0.1) is 0 Å². The maximum atomic E-state index is 6.20. The highest BCUT2D eigenvalue weighted by atomic mass is 15.3. The molecule has 1 aliphatic heterocycles. The summed E-state index contributed by atoms with van der Waals surface area (Å²) in [5.41, 5.74) is 6.41.